The molecule has 3 rings (SSSR count). The number of para-hydroxylation sites is 1. The van der Waals surface area contributed by atoms with Crippen LogP contribution < -0.4 is 10.0 Å². The molecule has 1 unspecified atom stereocenters. The van der Waals surface area contributed by atoms with Crippen molar-refractivity contribution < 1.29 is 8.42 Å². The summed E-state index contributed by atoms with van der Waals surface area (Å²) in [5, 5.41) is -0.187. The Labute approximate surface area is 114 Å². The van der Waals surface area contributed by atoms with Gasteiger partial charge in [-0.25, -0.2) is 8.42 Å². The van der Waals surface area contributed by atoms with E-state index >= 15 is 0 Å². The van der Waals surface area contributed by atoms with Crippen molar-refractivity contribution in [2.45, 2.75) is 43.4 Å². The maximum atomic E-state index is 12.7. The molecule has 1 fully saturated rings. The monoisotopic (exact) mass is 280 g/mol. The van der Waals surface area contributed by atoms with E-state index in [9.17, 15) is 8.42 Å². The summed E-state index contributed by atoms with van der Waals surface area (Å²) in [4.78, 5) is 0. The Hall–Kier alpha value is -1.07. The van der Waals surface area contributed by atoms with Crippen molar-refractivity contribution in [3.8, 4) is 0 Å². The van der Waals surface area contributed by atoms with Gasteiger partial charge in [0.1, 0.15) is 0 Å². The van der Waals surface area contributed by atoms with Crippen LogP contribution >= 0.6 is 0 Å². The van der Waals surface area contributed by atoms with Crippen LogP contribution in [-0.2, 0) is 16.4 Å². The van der Waals surface area contributed by atoms with Crippen LogP contribution in [0.4, 0.5) is 5.69 Å². The lowest BCUT2D eigenvalue weighted by molar-refractivity contribution is 0.557. The van der Waals surface area contributed by atoms with Gasteiger partial charge in [-0.15, -0.1) is 0 Å². The highest BCUT2D eigenvalue weighted by atomic mass is 32.2. The molecule has 19 heavy (non-hydrogen) atoms. The fraction of sp³-hybridized carbons (Fsp3) is 0.571. The standard InChI is InChI=1S/C14H20N2O2S/c15-10-12-6-3-5-11-4-1-2-7-14(11)16(12)19(17,18)13-8-9-13/h1-2,4,7,12-13H,3,5-6,8-10,15H2. The van der Waals surface area contributed by atoms with Crippen molar-refractivity contribution in [2.75, 3.05) is 10.8 Å². The summed E-state index contributed by atoms with van der Waals surface area (Å²) in [6.45, 7) is 0.389. The van der Waals surface area contributed by atoms with E-state index in [-0.39, 0.29) is 11.3 Å². The Morgan fingerprint density at radius 2 is 1.95 bits per heavy atom. The average Bonchev–Trinajstić information content (AvgIpc) is 3.23. The van der Waals surface area contributed by atoms with Crippen LogP contribution in [0.25, 0.3) is 0 Å². The average molecular weight is 280 g/mol. The highest BCUT2D eigenvalue weighted by Gasteiger charge is 2.43. The van der Waals surface area contributed by atoms with E-state index in [1.165, 1.54) is 0 Å². The number of benzene rings is 1. The number of hydrogen-bond acceptors (Lipinski definition) is 3. The molecule has 0 bridgehead atoms. The summed E-state index contributed by atoms with van der Waals surface area (Å²) in [5.41, 5.74) is 7.81. The maximum absolute atomic E-state index is 12.7. The predicted molar refractivity (Wildman–Crippen MR) is 76.6 cm³/mol. The van der Waals surface area contributed by atoms with Gasteiger partial charge in [-0.3, -0.25) is 4.31 Å². The van der Waals surface area contributed by atoms with Crippen LogP contribution in [-0.4, -0.2) is 26.3 Å². The second kappa shape index (κ2) is 4.80. The van der Waals surface area contributed by atoms with Gasteiger partial charge in [0.15, 0.2) is 0 Å². The molecule has 1 aromatic rings. The fourth-order valence-electron chi connectivity index (χ4n) is 2.86. The number of sulfonamides is 1. The van der Waals surface area contributed by atoms with Crippen LogP contribution in [0.1, 0.15) is 31.2 Å². The predicted octanol–water partition coefficient (Wildman–Crippen LogP) is 1.65. The summed E-state index contributed by atoms with van der Waals surface area (Å²) in [6, 6.07) is 7.75. The van der Waals surface area contributed by atoms with Crippen LogP contribution in [0.15, 0.2) is 24.3 Å². The lowest BCUT2D eigenvalue weighted by Crippen LogP contribution is -2.45. The Morgan fingerprint density at radius 3 is 2.63 bits per heavy atom. The van der Waals surface area contributed by atoms with Gasteiger partial charge in [0.25, 0.3) is 0 Å². The zero-order valence-electron chi connectivity index (χ0n) is 11.0. The molecule has 2 aliphatic rings. The van der Waals surface area contributed by atoms with Gasteiger partial charge in [-0.05, 0) is 43.7 Å². The number of nitrogens with two attached hydrogens (primary N) is 1. The number of nitrogens with zero attached hydrogens (tertiary/aromatic N) is 1. The summed E-state index contributed by atoms with van der Waals surface area (Å²) >= 11 is 0. The Bertz CT molecular complexity index is 567. The second-order valence-corrected chi connectivity index (χ2v) is 7.54. The molecular weight excluding hydrogens is 260 g/mol. The minimum Gasteiger partial charge on any atom is -0.328 e. The van der Waals surface area contributed by atoms with Crippen molar-refractivity contribution in [3.05, 3.63) is 29.8 Å². The summed E-state index contributed by atoms with van der Waals surface area (Å²) in [6.07, 6.45) is 4.35. The highest BCUT2D eigenvalue weighted by Crippen LogP contribution is 2.38. The van der Waals surface area contributed by atoms with Crippen LogP contribution in [0.5, 0.6) is 0 Å². The van der Waals surface area contributed by atoms with Crippen LogP contribution in [0.2, 0.25) is 0 Å². The van der Waals surface area contributed by atoms with E-state index in [0.29, 0.717) is 6.54 Å². The number of anilines is 1. The summed E-state index contributed by atoms with van der Waals surface area (Å²) in [5.74, 6) is 0. The third-order valence-electron chi connectivity index (χ3n) is 4.04. The van der Waals surface area contributed by atoms with Crippen LogP contribution in [0.3, 0.4) is 0 Å². The molecule has 0 radical (unpaired) electrons. The molecule has 1 saturated carbocycles. The molecule has 2 N–H and O–H groups in total. The normalized spacial score (nSPS) is 23.8. The van der Waals surface area contributed by atoms with Crippen molar-refractivity contribution in [1.29, 1.82) is 0 Å². The zero-order chi connectivity index (χ0) is 13.5. The Morgan fingerprint density at radius 1 is 1.21 bits per heavy atom. The molecular formula is C14H20N2O2S. The molecule has 0 aromatic heterocycles. The highest BCUT2D eigenvalue weighted by molar-refractivity contribution is 7.93. The second-order valence-electron chi connectivity index (χ2n) is 5.45. The molecule has 1 heterocycles. The van der Waals surface area contributed by atoms with E-state index in [1.807, 2.05) is 24.3 Å². The van der Waals surface area contributed by atoms with Crippen molar-refractivity contribution in [1.82, 2.24) is 0 Å². The van der Waals surface area contributed by atoms with Crippen LogP contribution in [0, 0.1) is 0 Å². The Balaban J connectivity index is 2.10. The lowest BCUT2D eigenvalue weighted by atomic mass is 10.1. The minimum absolute atomic E-state index is 0.0887. The number of fused-ring (bicyclic) bond motifs is 1. The first-order valence-corrected chi connectivity index (χ1v) is 8.46. The molecule has 0 amide bonds. The van der Waals surface area contributed by atoms with Gasteiger partial charge < -0.3 is 5.73 Å². The van der Waals surface area contributed by atoms with Gasteiger partial charge in [-0.1, -0.05) is 18.2 Å². The van der Waals surface area contributed by atoms with Crippen molar-refractivity contribution in [2.24, 2.45) is 5.73 Å². The smallest absolute Gasteiger partial charge is 0.238 e. The van der Waals surface area contributed by atoms with Gasteiger partial charge in [0, 0.05) is 6.54 Å². The maximum Gasteiger partial charge on any atom is 0.238 e. The third-order valence-corrected chi connectivity index (χ3v) is 6.39. The van der Waals surface area contributed by atoms with Crippen molar-refractivity contribution >= 4 is 15.7 Å². The van der Waals surface area contributed by atoms with Gasteiger partial charge in [0.2, 0.25) is 10.0 Å². The van der Waals surface area contributed by atoms with E-state index < -0.39 is 10.0 Å². The molecule has 1 aromatic carbocycles. The van der Waals surface area contributed by atoms with Gasteiger partial charge in [-0.2, -0.15) is 0 Å². The first-order chi connectivity index (χ1) is 9.14. The number of hydrogen-bond donors (Lipinski definition) is 1. The molecule has 0 saturated heterocycles. The third kappa shape index (κ3) is 2.25. The first kappa shape index (κ1) is 12.9. The SMILES string of the molecule is NCC1CCCc2ccccc2N1S(=O)(=O)C1CC1. The minimum atomic E-state index is -3.23. The zero-order valence-corrected chi connectivity index (χ0v) is 11.8. The van der Waals surface area contributed by atoms with Gasteiger partial charge in [0.05, 0.1) is 17.0 Å². The van der Waals surface area contributed by atoms with Crippen molar-refractivity contribution in [3.63, 3.8) is 0 Å². The summed E-state index contributed by atoms with van der Waals surface area (Å²) in [7, 11) is -3.23. The molecule has 4 nitrogen and oxygen atoms in total. The van der Waals surface area contributed by atoms with E-state index in [2.05, 4.69) is 0 Å². The molecule has 104 valence electrons. The molecule has 1 aliphatic carbocycles. The molecule has 1 atom stereocenters. The molecule has 5 heteroatoms. The summed E-state index contributed by atoms with van der Waals surface area (Å²) < 4.78 is 27.0. The molecule has 0 spiro atoms. The van der Waals surface area contributed by atoms with E-state index in [0.717, 1.165) is 43.4 Å². The first-order valence-electron chi connectivity index (χ1n) is 6.96. The quantitative estimate of drug-likeness (QED) is 0.915. The molecule has 1 aliphatic heterocycles. The Kier molecular flexibility index (Phi) is 3.27. The number of aryl methyl sites for hydroxylation is 1. The lowest BCUT2D eigenvalue weighted by Gasteiger charge is -2.31. The van der Waals surface area contributed by atoms with E-state index in [1.54, 1.807) is 4.31 Å². The van der Waals surface area contributed by atoms with Gasteiger partial charge >= 0.3 is 0 Å². The number of rotatable bonds is 3. The van der Waals surface area contributed by atoms with E-state index in [4.69, 9.17) is 5.73 Å². The largest absolute Gasteiger partial charge is 0.328 e. The fourth-order valence-corrected chi connectivity index (χ4v) is 4.98. The topological polar surface area (TPSA) is 63.4 Å².